The Kier molecular flexibility index (Phi) is 7.25. The van der Waals surface area contributed by atoms with Crippen LogP contribution in [0.4, 0.5) is 4.39 Å². The van der Waals surface area contributed by atoms with Crippen LogP contribution in [0.15, 0.2) is 15.9 Å². The van der Waals surface area contributed by atoms with Crippen LogP contribution in [0.2, 0.25) is 0 Å². The van der Waals surface area contributed by atoms with Crippen LogP contribution in [0.1, 0.15) is 6.23 Å². The van der Waals surface area contributed by atoms with Crippen molar-refractivity contribution in [1.82, 2.24) is 14.5 Å². The molecule has 0 amide bonds. The SMILES string of the molecule is C#CC1(F)[C@@H](O)[C@@H](COP(=O)(O)OP(=O)(O)OP(=O)(O)O)O[C@H]1n1cnc(=O)[nH]c1=O. The summed E-state index contributed by atoms with van der Waals surface area (Å²) in [6.07, 6.45) is -0.703. The minimum atomic E-state index is -5.81. The van der Waals surface area contributed by atoms with Crippen molar-refractivity contribution in [2.75, 3.05) is 6.61 Å². The Morgan fingerprint density at radius 1 is 1.26 bits per heavy atom. The quantitative estimate of drug-likeness (QED) is 0.161. The van der Waals surface area contributed by atoms with E-state index in [-0.39, 0.29) is 0 Å². The van der Waals surface area contributed by atoms with Crippen molar-refractivity contribution in [3.05, 3.63) is 27.3 Å². The molecule has 31 heavy (non-hydrogen) atoms. The number of rotatable bonds is 8. The van der Waals surface area contributed by atoms with Gasteiger partial charge in [-0.2, -0.15) is 13.6 Å². The molecule has 2 rings (SSSR count). The Labute approximate surface area is 169 Å². The van der Waals surface area contributed by atoms with Crippen molar-refractivity contribution in [3.63, 3.8) is 0 Å². The van der Waals surface area contributed by atoms with E-state index in [0.29, 0.717) is 10.9 Å². The Bertz CT molecular complexity index is 1140. The van der Waals surface area contributed by atoms with Gasteiger partial charge in [0.2, 0.25) is 5.67 Å². The fourth-order valence-electron chi connectivity index (χ4n) is 2.30. The van der Waals surface area contributed by atoms with Gasteiger partial charge in [-0.05, 0) is 0 Å². The summed E-state index contributed by atoms with van der Waals surface area (Å²) in [4.78, 5) is 63.1. The smallest absolute Gasteiger partial charge is 0.386 e. The predicted molar refractivity (Wildman–Crippen MR) is 91.5 cm³/mol. The Balaban J connectivity index is 2.19. The second kappa shape index (κ2) is 8.75. The summed E-state index contributed by atoms with van der Waals surface area (Å²) in [5, 5.41) is 10.1. The molecule has 0 spiro atoms. The number of H-pyrrole nitrogens is 1. The Morgan fingerprint density at radius 2 is 1.87 bits per heavy atom. The fraction of sp³-hybridized carbons (Fsp3) is 0.500. The number of phosphoric acid groups is 3. The van der Waals surface area contributed by atoms with Crippen molar-refractivity contribution < 1.29 is 60.6 Å². The van der Waals surface area contributed by atoms with E-state index in [2.05, 4.69) is 18.1 Å². The molecule has 3 unspecified atom stereocenters. The highest BCUT2D eigenvalue weighted by Gasteiger charge is 2.58. The minimum absolute atomic E-state index is 0.370. The molecule has 0 saturated carbocycles. The number of ether oxygens (including phenoxy) is 1. The largest absolute Gasteiger partial charge is 0.490 e. The van der Waals surface area contributed by atoms with Crippen molar-refractivity contribution in [2.24, 2.45) is 0 Å². The standard InChI is InChI=1S/C10H13FN3O14P3/c1-2-10(11)6(15)5(26-7(10)14-4-12-8(16)13-9(14)17)3-25-30(21,22)28-31(23,24)27-29(18,19)20/h1,4-7,15H,3H2,(H,21,22)(H,23,24)(H,13,16,17)(H2,18,19,20)/t5-,6+,7-,10?/m1/s1. The molecule has 0 aliphatic carbocycles. The summed E-state index contributed by atoms with van der Waals surface area (Å²) in [6, 6.07) is 0. The molecule has 1 aromatic heterocycles. The molecule has 1 saturated heterocycles. The molecule has 17 nitrogen and oxygen atoms in total. The van der Waals surface area contributed by atoms with Crippen LogP contribution in [0.3, 0.4) is 0 Å². The van der Waals surface area contributed by atoms with Gasteiger partial charge in [0.1, 0.15) is 18.5 Å². The van der Waals surface area contributed by atoms with Crippen LogP contribution in [0.5, 0.6) is 0 Å². The number of aromatic amines is 1. The number of aromatic nitrogens is 3. The number of hydrogen-bond acceptors (Lipinski definition) is 11. The van der Waals surface area contributed by atoms with Crippen LogP contribution in [-0.4, -0.2) is 63.7 Å². The topological polar surface area (TPSA) is 257 Å². The van der Waals surface area contributed by atoms with E-state index in [1.54, 1.807) is 10.9 Å². The fourth-order valence-corrected chi connectivity index (χ4v) is 5.33. The van der Waals surface area contributed by atoms with E-state index >= 15 is 4.39 Å². The van der Waals surface area contributed by atoms with E-state index in [1.165, 1.54) is 0 Å². The molecular formula is C10H13FN3O14P3. The van der Waals surface area contributed by atoms with Gasteiger partial charge in [0.25, 0.3) is 0 Å². The van der Waals surface area contributed by atoms with Crippen LogP contribution in [0.25, 0.3) is 0 Å². The molecule has 0 radical (unpaired) electrons. The number of phosphoric ester groups is 1. The maximum atomic E-state index is 15.1. The molecule has 1 aromatic rings. The molecule has 6 N–H and O–H groups in total. The maximum Gasteiger partial charge on any atom is 0.490 e. The molecule has 174 valence electrons. The first kappa shape index (κ1) is 25.7. The van der Waals surface area contributed by atoms with Gasteiger partial charge in [-0.1, -0.05) is 5.92 Å². The molecule has 1 aliphatic rings. The van der Waals surface area contributed by atoms with Gasteiger partial charge in [-0.15, -0.1) is 6.42 Å². The summed E-state index contributed by atoms with van der Waals surface area (Å²) >= 11 is 0. The third-order valence-corrected chi connectivity index (χ3v) is 7.29. The first-order valence-corrected chi connectivity index (χ1v) is 12.0. The number of nitrogens with one attached hydrogen (secondary N) is 1. The van der Waals surface area contributed by atoms with Gasteiger partial charge in [0.15, 0.2) is 6.23 Å². The zero-order valence-corrected chi connectivity index (χ0v) is 17.3. The molecular weight excluding hydrogens is 498 g/mol. The first-order valence-electron chi connectivity index (χ1n) is 7.46. The number of nitrogens with zero attached hydrogens (tertiary/aromatic N) is 2. The van der Waals surface area contributed by atoms with Gasteiger partial charge in [0.05, 0.1) is 6.61 Å². The summed E-state index contributed by atoms with van der Waals surface area (Å²) in [6.45, 7) is -1.25. The lowest BCUT2D eigenvalue weighted by atomic mass is 9.97. The van der Waals surface area contributed by atoms with Gasteiger partial charge >= 0.3 is 34.8 Å². The second-order valence-electron chi connectivity index (χ2n) is 5.66. The molecule has 6 atom stereocenters. The summed E-state index contributed by atoms with van der Waals surface area (Å²) in [5.41, 5.74) is -5.47. The van der Waals surface area contributed by atoms with Gasteiger partial charge < -0.3 is 29.4 Å². The van der Waals surface area contributed by atoms with Crippen LogP contribution >= 0.6 is 23.5 Å². The number of terminal acetylenes is 1. The highest BCUT2D eigenvalue weighted by molar-refractivity contribution is 7.66. The monoisotopic (exact) mass is 511 g/mol. The molecule has 1 aliphatic heterocycles. The molecule has 0 bridgehead atoms. The lowest BCUT2D eigenvalue weighted by Gasteiger charge is -2.23. The van der Waals surface area contributed by atoms with Crippen LogP contribution < -0.4 is 11.4 Å². The number of aliphatic hydroxyl groups is 1. The minimum Gasteiger partial charge on any atom is -0.386 e. The second-order valence-corrected chi connectivity index (χ2v) is 10.1. The van der Waals surface area contributed by atoms with Crippen LogP contribution in [0, 0.1) is 12.3 Å². The van der Waals surface area contributed by atoms with Crippen molar-refractivity contribution >= 4 is 23.5 Å². The van der Waals surface area contributed by atoms with Gasteiger partial charge in [-0.3, -0.25) is 14.1 Å². The third kappa shape index (κ3) is 6.24. The average Bonchev–Trinajstić information content (AvgIpc) is 2.82. The summed E-state index contributed by atoms with van der Waals surface area (Å²) in [7, 11) is -17.0. The Morgan fingerprint density at radius 3 is 2.39 bits per heavy atom. The highest BCUT2D eigenvalue weighted by Crippen LogP contribution is 2.66. The first-order chi connectivity index (χ1) is 14.0. The van der Waals surface area contributed by atoms with E-state index in [0.717, 1.165) is 0 Å². The maximum absolute atomic E-state index is 15.1. The molecule has 21 heteroatoms. The van der Waals surface area contributed by atoms with Crippen molar-refractivity contribution in [3.8, 4) is 12.3 Å². The van der Waals surface area contributed by atoms with E-state index < -0.39 is 65.6 Å². The number of alkyl halides is 1. The van der Waals surface area contributed by atoms with E-state index in [9.17, 15) is 33.3 Å². The Hall–Kier alpha value is -1.57. The average molecular weight is 511 g/mol. The van der Waals surface area contributed by atoms with E-state index in [4.69, 9.17) is 25.8 Å². The molecule has 0 aromatic carbocycles. The molecule has 1 fully saturated rings. The predicted octanol–water partition coefficient (Wildman–Crippen LogP) is -2.13. The third-order valence-electron chi connectivity index (χ3n) is 3.49. The number of aliphatic hydroxyl groups excluding tert-OH is 1. The number of halogens is 1. The van der Waals surface area contributed by atoms with Crippen LogP contribution in [-0.2, 0) is 31.6 Å². The van der Waals surface area contributed by atoms with Gasteiger partial charge in [0, 0.05) is 0 Å². The highest BCUT2D eigenvalue weighted by atomic mass is 31.3. The normalized spacial score (nSPS) is 30.3. The van der Waals surface area contributed by atoms with E-state index in [1.807, 2.05) is 0 Å². The summed E-state index contributed by atoms with van der Waals surface area (Å²) in [5.74, 6) is 1.54. The lowest BCUT2D eigenvalue weighted by Crippen LogP contribution is -2.45. The van der Waals surface area contributed by atoms with Crippen molar-refractivity contribution in [2.45, 2.75) is 24.1 Å². The van der Waals surface area contributed by atoms with Crippen molar-refractivity contribution in [1.29, 1.82) is 0 Å². The lowest BCUT2D eigenvalue weighted by molar-refractivity contribution is -0.0540. The zero-order valence-electron chi connectivity index (χ0n) is 14.6. The zero-order chi connectivity index (χ0) is 23.8. The van der Waals surface area contributed by atoms with Gasteiger partial charge in [-0.25, -0.2) is 27.7 Å². The summed E-state index contributed by atoms with van der Waals surface area (Å²) < 4.78 is 65.3. The molecule has 2 heterocycles. The number of hydrogen-bond donors (Lipinski definition) is 6.